The molecule has 1 aromatic heterocycles. The SMILES string of the molecule is Cc1cccc(OC2CCN(C(=O)C3c4ccccc4Oc4ccccc43)CC2)n1. The summed E-state index contributed by atoms with van der Waals surface area (Å²) in [5.74, 6) is 1.98. The van der Waals surface area contributed by atoms with E-state index in [0.717, 1.165) is 41.2 Å². The lowest BCUT2D eigenvalue weighted by molar-refractivity contribution is -0.133. The van der Waals surface area contributed by atoms with Gasteiger partial charge in [-0.15, -0.1) is 0 Å². The van der Waals surface area contributed by atoms with Crippen LogP contribution in [-0.2, 0) is 4.79 Å². The monoisotopic (exact) mass is 400 g/mol. The van der Waals surface area contributed by atoms with Crippen LogP contribution in [0.4, 0.5) is 0 Å². The van der Waals surface area contributed by atoms with Gasteiger partial charge < -0.3 is 14.4 Å². The van der Waals surface area contributed by atoms with Crippen LogP contribution in [-0.4, -0.2) is 35.0 Å². The molecule has 2 aromatic carbocycles. The van der Waals surface area contributed by atoms with Crippen LogP contribution in [0.2, 0.25) is 0 Å². The second kappa shape index (κ2) is 7.82. The lowest BCUT2D eigenvalue weighted by Gasteiger charge is -2.36. The van der Waals surface area contributed by atoms with E-state index in [-0.39, 0.29) is 17.9 Å². The fourth-order valence-electron chi connectivity index (χ4n) is 4.31. The van der Waals surface area contributed by atoms with E-state index in [2.05, 4.69) is 4.98 Å². The van der Waals surface area contributed by atoms with Gasteiger partial charge in [-0.3, -0.25) is 4.79 Å². The molecule has 5 heteroatoms. The minimum absolute atomic E-state index is 0.0811. The van der Waals surface area contributed by atoms with Crippen molar-refractivity contribution in [3.05, 3.63) is 83.6 Å². The van der Waals surface area contributed by atoms with Crippen molar-refractivity contribution in [2.24, 2.45) is 0 Å². The van der Waals surface area contributed by atoms with Crippen molar-refractivity contribution < 1.29 is 14.3 Å². The number of aromatic nitrogens is 1. The molecule has 3 aromatic rings. The highest BCUT2D eigenvalue weighted by Gasteiger charge is 2.36. The molecule has 0 unspecified atom stereocenters. The molecule has 5 rings (SSSR count). The Kier molecular flexibility index (Phi) is 4.87. The van der Waals surface area contributed by atoms with Crippen molar-refractivity contribution >= 4 is 5.91 Å². The highest BCUT2D eigenvalue weighted by molar-refractivity contribution is 5.89. The predicted octanol–water partition coefficient (Wildman–Crippen LogP) is 4.70. The van der Waals surface area contributed by atoms with Crippen LogP contribution < -0.4 is 9.47 Å². The van der Waals surface area contributed by atoms with E-state index >= 15 is 0 Å². The Bertz CT molecular complexity index is 1030. The number of ether oxygens (including phenoxy) is 2. The summed E-state index contributed by atoms with van der Waals surface area (Å²) < 4.78 is 12.1. The third-order valence-corrected chi connectivity index (χ3v) is 5.83. The molecule has 5 nitrogen and oxygen atoms in total. The molecule has 30 heavy (non-hydrogen) atoms. The maximum atomic E-state index is 13.6. The third-order valence-electron chi connectivity index (χ3n) is 5.83. The third kappa shape index (κ3) is 3.52. The van der Waals surface area contributed by atoms with Gasteiger partial charge in [0.2, 0.25) is 11.8 Å². The number of rotatable bonds is 3. The maximum Gasteiger partial charge on any atom is 0.234 e. The van der Waals surface area contributed by atoms with Gasteiger partial charge in [0.15, 0.2) is 0 Å². The predicted molar refractivity (Wildman–Crippen MR) is 114 cm³/mol. The molecule has 152 valence electrons. The molecule has 0 bridgehead atoms. The summed E-state index contributed by atoms with van der Waals surface area (Å²) in [6, 6.07) is 21.5. The highest BCUT2D eigenvalue weighted by atomic mass is 16.5. The van der Waals surface area contributed by atoms with Crippen LogP contribution in [0.25, 0.3) is 0 Å². The Labute approximate surface area is 176 Å². The molecule has 2 aliphatic heterocycles. The summed E-state index contributed by atoms with van der Waals surface area (Å²) in [7, 11) is 0. The maximum absolute atomic E-state index is 13.6. The van der Waals surface area contributed by atoms with Crippen molar-refractivity contribution in [3.63, 3.8) is 0 Å². The standard InChI is InChI=1S/C25H24N2O3/c1-17-7-6-12-23(26-17)29-18-13-15-27(16-14-18)25(28)24-19-8-2-4-10-21(19)30-22-11-5-3-9-20(22)24/h2-12,18,24H,13-16H2,1H3. The first-order chi connectivity index (χ1) is 14.7. The summed E-state index contributed by atoms with van der Waals surface area (Å²) in [4.78, 5) is 20.0. The average molecular weight is 400 g/mol. The van der Waals surface area contributed by atoms with E-state index in [0.29, 0.717) is 19.0 Å². The van der Waals surface area contributed by atoms with Gasteiger partial charge in [-0.25, -0.2) is 4.98 Å². The van der Waals surface area contributed by atoms with Crippen LogP contribution >= 0.6 is 0 Å². The highest BCUT2D eigenvalue weighted by Crippen LogP contribution is 2.44. The molecule has 1 fully saturated rings. The molecule has 0 atom stereocenters. The normalized spacial score (nSPS) is 16.4. The molecule has 0 N–H and O–H groups in total. The molecule has 0 saturated carbocycles. The topological polar surface area (TPSA) is 51.7 Å². The quantitative estimate of drug-likeness (QED) is 0.640. The number of amides is 1. The van der Waals surface area contributed by atoms with Gasteiger partial charge >= 0.3 is 0 Å². The van der Waals surface area contributed by atoms with Gasteiger partial charge in [-0.05, 0) is 25.1 Å². The van der Waals surface area contributed by atoms with Crippen LogP contribution in [0.15, 0.2) is 66.7 Å². The Morgan fingerprint density at radius 2 is 1.57 bits per heavy atom. The van der Waals surface area contributed by atoms with Crippen molar-refractivity contribution in [2.75, 3.05) is 13.1 Å². The minimum Gasteiger partial charge on any atom is -0.474 e. The number of pyridine rings is 1. The van der Waals surface area contributed by atoms with Gasteiger partial charge in [0.1, 0.15) is 17.6 Å². The van der Waals surface area contributed by atoms with Crippen molar-refractivity contribution in [2.45, 2.75) is 31.8 Å². The fourth-order valence-corrected chi connectivity index (χ4v) is 4.31. The van der Waals surface area contributed by atoms with Crippen LogP contribution in [0.5, 0.6) is 17.4 Å². The van der Waals surface area contributed by atoms with Gasteiger partial charge in [0.25, 0.3) is 0 Å². The van der Waals surface area contributed by atoms with Crippen LogP contribution in [0.1, 0.15) is 35.6 Å². The largest absolute Gasteiger partial charge is 0.474 e. The molecular formula is C25H24N2O3. The zero-order valence-electron chi connectivity index (χ0n) is 17.0. The van der Waals surface area contributed by atoms with Gasteiger partial charge in [0, 0.05) is 48.8 Å². The molecule has 2 aliphatic rings. The Morgan fingerprint density at radius 1 is 0.933 bits per heavy atom. The number of carbonyl (C=O) groups is 1. The zero-order valence-corrected chi connectivity index (χ0v) is 17.0. The number of piperidine rings is 1. The lowest BCUT2D eigenvalue weighted by Crippen LogP contribution is -2.44. The first kappa shape index (κ1) is 18.7. The van der Waals surface area contributed by atoms with E-state index in [4.69, 9.17) is 9.47 Å². The lowest BCUT2D eigenvalue weighted by atomic mass is 9.86. The summed E-state index contributed by atoms with van der Waals surface area (Å²) in [6.45, 7) is 3.31. The molecule has 0 aliphatic carbocycles. The summed E-state index contributed by atoms with van der Waals surface area (Å²) in [5, 5.41) is 0. The van der Waals surface area contributed by atoms with E-state index in [1.807, 2.05) is 78.6 Å². The number of hydrogen-bond donors (Lipinski definition) is 0. The van der Waals surface area contributed by atoms with E-state index < -0.39 is 0 Å². The Hall–Kier alpha value is -3.34. The smallest absolute Gasteiger partial charge is 0.234 e. The Balaban J connectivity index is 1.33. The second-order valence-corrected chi connectivity index (χ2v) is 7.87. The molecule has 3 heterocycles. The molecule has 0 spiro atoms. The fraction of sp³-hybridized carbons (Fsp3) is 0.280. The molecule has 1 amide bonds. The van der Waals surface area contributed by atoms with E-state index in [1.165, 1.54) is 0 Å². The Morgan fingerprint density at radius 3 is 2.20 bits per heavy atom. The van der Waals surface area contributed by atoms with Gasteiger partial charge in [0.05, 0.1) is 5.92 Å². The van der Waals surface area contributed by atoms with E-state index in [9.17, 15) is 4.79 Å². The van der Waals surface area contributed by atoms with Crippen molar-refractivity contribution in [1.29, 1.82) is 0 Å². The van der Waals surface area contributed by atoms with E-state index in [1.54, 1.807) is 0 Å². The molecular weight excluding hydrogens is 376 g/mol. The number of para-hydroxylation sites is 2. The van der Waals surface area contributed by atoms with Gasteiger partial charge in [-0.1, -0.05) is 42.5 Å². The molecule has 1 saturated heterocycles. The van der Waals surface area contributed by atoms with Gasteiger partial charge in [-0.2, -0.15) is 0 Å². The van der Waals surface area contributed by atoms with Crippen LogP contribution in [0.3, 0.4) is 0 Å². The first-order valence-electron chi connectivity index (χ1n) is 10.4. The molecule has 0 radical (unpaired) electrons. The summed E-state index contributed by atoms with van der Waals surface area (Å²) in [6.07, 6.45) is 1.68. The minimum atomic E-state index is -0.331. The number of likely N-dealkylation sites (tertiary alicyclic amines) is 1. The average Bonchev–Trinajstić information content (AvgIpc) is 2.77. The van der Waals surface area contributed by atoms with Crippen molar-refractivity contribution in [3.8, 4) is 17.4 Å². The number of nitrogens with zero attached hydrogens (tertiary/aromatic N) is 2. The second-order valence-electron chi connectivity index (χ2n) is 7.87. The van der Waals surface area contributed by atoms with Crippen molar-refractivity contribution in [1.82, 2.24) is 9.88 Å². The first-order valence-corrected chi connectivity index (χ1v) is 10.4. The van der Waals surface area contributed by atoms with Crippen LogP contribution in [0, 0.1) is 6.92 Å². The summed E-state index contributed by atoms with van der Waals surface area (Å²) in [5.41, 5.74) is 2.81. The number of hydrogen-bond acceptors (Lipinski definition) is 4. The number of carbonyl (C=O) groups excluding carboxylic acids is 1. The number of fused-ring (bicyclic) bond motifs is 2. The summed E-state index contributed by atoms with van der Waals surface area (Å²) >= 11 is 0. The zero-order chi connectivity index (χ0) is 20.5. The number of aryl methyl sites for hydroxylation is 1. The number of benzene rings is 2.